The third-order valence-corrected chi connectivity index (χ3v) is 7.66. The summed E-state index contributed by atoms with van der Waals surface area (Å²) in [4.78, 5) is 25.9. The van der Waals surface area contributed by atoms with Crippen LogP contribution >= 0.6 is 0 Å². The Morgan fingerprint density at radius 3 is 2.62 bits per heavy atom. The van der Waals surface area contributed by atoms with Crippen molar-refractivity contribution in [3.05, 3.63) is 29.8 Å². The summed E-state index contributed by atoms with van der Waals surface area (Å²) in [6.07, 6.45) is 5.07. The van der Waals surface area contributed by atoms with Gasteiger partial charge in [-0.05, 0) is 42.7 Å². The predicted molar refractivity (Wildman–Crippen MR) is 113 cm³/mol. The number of benzene rings is 1. The number of anilines is 1. The molecule has 1 N–H and O–H groups in total. The second-order valence-electron chi connectivity index (χ2n) is 9.05. The van der Waals surface area contributed by atoms with E-state index in [1.54, 1.807) is 0 Å². The van der Waals surface area contributed by atoms with Gasteiger partial charge in [-0.2, -0.15) is 8.42 Å². The Morgan fingerprint density at radius 2 is 1.93 bits per heavy atom. The normalized spacial score (nSPS) is 25.6. The number of fused-ring (bicyclic) bond motifs is 3. The molecule has 2 aliphatic rings. The molecule has 1 saturated carbocycles. The lowest BCUT2D eigenvalue weighted by Gasteiger charge is -2.53. The molecule has 1 aromatic rings. The molecule has 2 unspecified atom stereocenters. The van der Waals surface area contributed by atoms with Crippen LogP contribution < -0.4 is 4.90 Å². The number of hydrogen-bond acceptors (Lipinski definition) is 5. The molecule has 0 saturated heterocycles. The molecule has 3 rings (SSSR count). The first-order chi connectivity index (χ1) is 13.6. The molecule has 1 heterocycles. The first kappa shape index (κ1) is 22.0. The van der Waals surface area contributed by atoms with Crippen molar-refractivity contribution >= 4 is 27.9 Å². The standard InChI is InChI=1S/C22H31NO5S/c1-21(2)16-17(25)15-20-22(21,11-5-7-13-24)18-9-3-4-10-19(18)23(20)12-6-8-14-29(26,27)28/h3-4,9-10,13,20H,5-8,11-12,14-16H2,1-2H3,(H,26,27,28). The third-order valence-electron chi connectivity index (χ3n) is 6.85. The summed E-state index contributed by atoms with van der Waals surface area (Å²) in [7, 11) is -3.96. The first-order valence-electron chi connectivity index (χ1n) is 10.4. The zero-order chi connectivity index (χ0) is 21.3. The predicted octanol–water partition coefficient (Wildman–Crippen LogP) is 3.54. The highest BCUT2D eigenvalue weighted by Gasteiger charge is 2.61. The van der Waals surface area contributed by atoms with E-state index in [0.717, 1.165) is 24.8 Å². The molecule has 0 aromatic heterocycles. The maximum atomic E-state index is 12.7. The molecule has 160 valence electrons. The largest absolute Gasteiger partial charge is 0.367 e. The maximum Gasteiger partial charge on any atom is 0.264 e. The Labute approximate surface area is 173 Å². The topological polar surface area (TPSA) is 91.8 Å². The molecular weight excluding hydrogens is 390 g/mol. The summed E-state index contributed by atoms with van der Waals surface area (Å²) < 4.78 is 31.1. The fraction of sp³-hybridized carbons (Fsp3) is 0.636. The van der Waals surface area contributed by atoms with Gasteiger partial charge in [-0.3, -0.25) is 9.35 Å². The van der Waals surface area contributed by atoms with E-state index in [1.807, 2.05) is 12.1 Å². The average molecular weight is 422 g/mol. The van der Waals surface area contributed by atoms with Crippen LogP contribution in [0.3, 0.4) is 0 Å². The van der Waals surface area contributed by atoms with Crippen molar-refractivity contribution in [2.45, 2.75) is 70.3 Å². The molecule has 7 heteroatoms. The van der Waals surface area contributed by atoms with Gasteiger partial charge in [0, 0.05) is 43.0 Å². The molecule has 0 bridgehead atoms. The van der Waals surface area contributed by atoms with Crippen LogP contribution in [0.4, 0.5) is 5.69 Å². The molecule has 1 fully saturated rings. The number of hydrogen-bond donors (Lipinski definition) is 1. The van der Waals surface area contributed by atoms with Crippen LogP contribution in [0.2, 0.25) is 0 Å². The second-order valence-corrected chi connectivity index (χ2v) is 10.6. The fourth-order valence-electron chi connectivity index (χ4n) is 5.70. The zero-order valence-corrected chi connectivity index (χ0v) is 18.1. The summed E-state index contributed by atoms with van der Waals surface area (Å²) in [5, 5.41) is 0. The van der Waals surface area contributed by atoms with Crippen LogP contribution in [0.1, 0.15) is 64.4 Å². The highest BCUT2D eigenvalue weighted by Crippen LogP contribution is 2.61. The molecule has 1 aliphatic carbocycles. The van der Waals surface area contributed by atoms with Gasteiger partial charge in [0.15, 0.2) is 0 Å². The van der Waals surface area contributed by atoms with E-state index in [-0.39, 0.29) is 28.4 Å². The summed E-state index contributed by atoms with van der Waals surface area (Å²) in [5.74, 6) is 0.00366. The van der Waals surface area contributed by atoms with Gasteiger partial charge >= 0.3 is 0 Å². The zero-order valence-electron chi connectivity index (χ0n) is 17.3. The summed E-state index contributed by atoms with van der Waals surface area (Å²) in [5.41, 5.74) is 1.89. The molecule has 1 aliphatic heterocycles. The van der Waals surface area contributed by atoms with Crippen LogP contribution in [0.15, 0.2) is 24.3 Å². The molecule has 6 nitrogen and oxygen atoms in total. The Hall–Kier alpha value is -1.73. The third kappa shape index (κ3) is 4.12. The SMILES string of the molecule is CC1(C)CC(=O)CC2N(CCCCS(=O)(=O)O)c3ccccc3C21CCCC=O. The minimum absolute atomic E-state index is 0.00790. The van der Waals surface area contributed by atoms with Gasteiger partial charge < -0.3 is 9.69 Å². The Morgan fingerprint density at radius 1 is 1.21 bits per heavy atom. The Balaban J connectivity index is 1.96. The lowest BCUT2D eigenvalue weighted by molar-refractivity contribution is -0.127. The van der Waals surface area contributed by atoms with Crippen LogP contribution in [0.5, 0.6) is 0 Å². The average Bonchev–Trinajstić information content (AvgIpc) is 2.89. The van der Waals surface area contributed by atoms with Crippen LogP contribution in [0.25, 0.3) is 0 Å². The monoisotopic (exact) mass is 421 g/mol. The van der Waals surface area contributed by atoms with Crippen molar-refractivity contribution in [1.29, 1.82) is 0 Å². The van der Waals surface area contributed by atoms with Gasteiger partial charge in [0.1, 0.15) is 12.1 Å². The van der Waals surface area contributed by atoms with Gasteiger partial charge in [0.05, 0.1) is 5.75 Å². The second kappa shape index (κ2) is 8.19. The molecule has 2 atom stereocenters. The smallest absolute Gasteiger partial charge is 0.264 e. The highest BCUT2D eigenvalue weighted by molar-refractivity contribution is 7.85. The molecule has 0 radical (unpaired) electrons. The van der Waals surface area contributed by atoms with Crippen molar-refractivity contribution in [3.63, 3.8) is 0 Å². The van der Waals surface area contributed by atoms with E-state index in [4.69, 9.17) is 4.55 Å². The number of carbonyl (C=O) groups is 2. The summed E-state index contributed by atoms with van der Waals surface area (Å²) in [6, 6.07) is 8.27. The number of Topliss-reactive ketones (excluding diaryl/α,β-unsaturated/α-hetero) is 1. The Kier molecular flexibility index (Phi) is 6.20. The van der Waals surface area contributed by atoms with Gasteiger partial charge in [-0.15, -0.1) is 0 Å². The summed E-state index contributed by atoms with van der Waals surface area (Å²) >= 11 is 0. The maximum absolute atomic E-state index is 12.7. The van der Waals surface area contributed by atoms with E-state index < -0.39 is 10.1 Å². The molecule has 0 spiro atoms. The van der Waals surface area contributed by atoms with Crippen molar-refractivity contribution in [2.75, 3.05) is 17.2 Å². The molecular formula is C22H31NO5S. The van der Waals surface area contributed by atoms with Crippen molar-refractivity contribution in [1.82, 2.24) is 0 Å². The van der Waals surface area contributed by atoms with E-state index in [9.17, 15) is 18.0 Å². The van der Waals surface area contributed by atoms with Crippen molar-refractivity contribution in [3.8, 4) is 0 Å². The van der Waals surface area contributed by atoms with Gasteiger partial charge in [-0.25, -0.2) is 0 Å². The number of carbonyl (C=O) groups excluding carboxylic acids is 2. The van der Waals surface area contributed by atoms with Crippen LogP contribution in [0, 0.1) is 5.41 Å². The van der Waals surface area contributed by atoms with Crippen LogP contribution in [-0.2, 0) is 25.1 Å². The number of unbranched alkanes of at least 4 members (excludes halogenated alkanes) is 2. The minimum Gasteiger partial charge on any atom is -0.367 e. The van der Waals surface area contributed by atoms with E-state index in [1.165, 1.54) is 5.56 Å². The van der Waals surface area contributed by atoms with E-state index in [2.05, 4.69) is 30.9 Å². The van der Waals surface area contributed by atoms with Gasteiger partial charge in [-0.1, -0.05) is 32.0 Å². The number of nitrogens with zero attached hydrogens (tertiary/aromatic N) is 1. The van der Waals surface area contributed by atoms with Crippen molar-refractivity contribution < 1.29 is 22.6 Å². The Bertz CT molecular complexity index is 879. The lowest BCUT2D eigenvalue weighted by Crippen LogP contribution is -2.58. The number of rotatable bonds is 9. The van der Waals surface area contributed by atoms with Crippen molar-refractivity contribution in [2.24, 2.45) is 5.41 Å². The van der Waals surface area contributed by atoms with E-state index >= 15 is 0 Å². The van der Waals surface area contributed by atoms with E-state index in [0.29, 0.717) is 38.6 Å². The van der Waals surface area contributed by atoms with Crippen LogP contribution in [-0.4, -0.2) is 43.4 Å². The first-order valence-corrected chi connectivity index (χ1v) is 12.0. The van der Waals surface area contributed by atoms with Gasteiger partial charge in [0.25, 0.3) is 10.1 Å². The highest BCUT2D eigenvalue weighted by atomic mass is 32.2. The minimum atomic E-state index is -3.96. The van der Waals surface area contributed by atoms with Gasteiger partial charge in [0.2, 0.25) is 0 Å². The number of ketones is 1. The number of aldehydes is 1. The molecule has 0 amide bonds. The quantitative estimate of drug-likeness (QED) is 0.372. The fourth-order valence-corrected chi connectivity index (χ4v) is 6.27. The number of para-hydroxylation sites is 1. The lowest BCUT2D eigenvalue weighted by atomic mass is 9.52. The molecule has 29 heavy (non-hydrogen) atoms. The molecule has 1 aromatic carbocycles. The summed E-state index contributed by atoms with van der Waals surface area (Å²) in [6.45, 7) is 4.96.